The zero-order valence-corrected chi connectivity index (χ0v) is 22.3. The average Bonchev–Trinajstić information content (AvgIpc) is 3.25. The van der Waals surface area contributed by atoms with Crippen LogP contribution in [0.5, 0.6) is 0 Å². The Labute approximate surface area is 219 Å². The van der Waals surface area contributed by atoms with E-state index in [1.54, 1.807) is 29.6 Å². The number of nitrogens with zero attached hydrogens (tertiary/aromatic N) is 5. The summed E-state index contributed by atoms with van der Waals surface area (Å²) in [5.74, 6) is 0.0493. The number of carbonyl (C=O) groups is 1. The molecule has 182 valence electrons. The number of halogens is 1. The molecular formula is C25H26IN5O3S. The van der Waals surface area contributed by atoms with E-state index in [0.29, 0.717) is 31.6 Å². The van der Waals surface area contributed by atoms with Gasteiger partial charge in [0.25, 0.3) is 0 Å². The molecule has 0 spiro atoms. The summed E-state index contributed by atoms with van der Waals surface area (Å²) in [4.78, 5) is 21.3. The Hall–Kier alpha value is -2.75. The summed E-state index contributed by atoms with van der Waals surface area (Å²) in [5, 5.41) is 9.02. The number of anilines is 1. The summed E-state index contributed by atoms with van der Waals surface area (Å²) in [5.41, 5.74) is 3.42. The molecule has 0 bridgehead atoms. The van der Waals surface area contributed by atoms with Crippen molar-refractivity contribution in [2.45, 2.75) is 25.6 Å². The van der Waals surface area contributed by atoms with Crippen molar-refractivity contribution < 1.29 is 13.2 Å². The van der Waals surface area contributed by atoms with Crippen molar-refractivity contribution in [1.82, 2.24) is 14.5 Å². The molecule has 35 heavy (non-hydrogen) atoms. The monoisotopic (exact) mass is 601 g/mol. The zero-order chi connectivity index (χ0) is 25.0. The molecule has 0 unspecified atom stereocenters. The Balaban J connectivity index is 1.54. The minimum absolute atomic E-state index is 0.0132. The molecule has 0 radical (unpaired) electrons. The van der Waals surface area contributed by atoms with Gasteiger partial charge in [-0.05, 0) is 64.9 Å². The minimum Gasteiger partial charge on any atom is -0.329 e. The molecule has 1 atom stereocenters. The lowest BCUT2D eigenvalue weighted by molar-refractivity contribution is -0.122. The van der Waals surface area contributed by atoms with E-state index < -0.39 is 9.84 Å². The van der Waals surface area contributed by atoms with Crippen molar-refractivity contribution in [2.24, 2.45) is 0 Å². The van der Waals surface area contributed by atoms with Crippen LogP contribution in [0.3, 0.4) is 0 Å². The molecule has 0 aliphatic carbocycles. The molecule has 1 aromatic heterocycles. The summed E-state index contributed by atoms with van der Waals surface area (Å²) in [7, 11) is -3.14. The fourth-order valence-corrected chi connectivity index (χ4v) is 5.46. The maximum atomic E-state index is 13.1. The van der Waals surface area contributed by atoms with Crippen LogP contribution in [0.4, 0.5) is 5.69 Å². The van der Waals surface area contributed by atoms with Crippen LogP contribution in [-0.4, -0.2) is 59.9 Å². The maximum absolute atomic E-state index is 13.1. The third kappa shape index (κ3) is 6.68. The number of hydrogen-bond acceptors (Lipinski definition) is 6. The topological polar surface area (TPSA) is 99.3 Å². The molecule has 2 heterocycles. The predicted molar refractivity (Wildman–Crippen MR) is 143 cm³/mol. The Morgan fingerprint density at radius 1 is 1.17 bits per heavy atom. The number of aromatic nitrogens is 2. The van der Waals surface area contributed by atoms with E-state index in [4.69, 9.17) is 5.26 Å². The second-order valence-electron chi connectivity index (χ2n) is 8.78. The van der Waals surface area contributed by atoms with Crippen LogP contribution in [0, 0.1) is 14.9 Å². The van der Waals surface area contributed by atoms with Crippen molar-refractivity contribution in [3.63, 3.8) is 0 Å². The van der Waals surface area contributed by atoms with Crippen LogP contribution >= 0.6 is 22.6 Å². The Morgan fingerprint density at radius 2 is 1.94 bits per heavy atom. The number of carbonyl (C=O) groups excluding carboxylic acids is 1. The highest BCUT2D eigenvalue weighted by atomic mass is 125. The Kier molecular flexibility index (Phi) is 7.88. The standard InChI is InChI=1S/C25H26IN5O3S/c1-35(33,34)10-9-23-16-31(22-4-2-3-21(26)11-22)25(32)17-29(23)15-24-13-28-18-30(24)14-20-7-5-19(12-27)6-8-20/h2-8,11,13,18,23H,9-10,14-17H2,1H3/t23-/m0/s1/i26-2. The van der Waals surface area contributed by atoms with Crippen molar-refractivity contribution >= 4 is 44.0 Å². The van der Waals surface area contributed by atoms with Gasteiger partial charge in [0.2, 0.25) is 5.91 Å². The summed E-state index contributed by atoms with van der Waals surface area (Å²) >= 11 is 2.22. The highest BCUT2D eigenvalue weighted by molar-refractivity contribution is 14.1. The van der Waals surface area contributed by atoms with E-state index in [0.717, 1.165) is 20.5 Å². The van der Waals surface area contributed by atoms with Gasteiger partial charge in [0.05, 0.1) is 36.0 Å². The van der Waals surface area contributed by atoms with Crippen LogP contribution in [0.2, 0.25) is 0 Å². The van der Waals surface area contributed by atoms with Gasteiger partial charge in [-0.2, -0.15) is 5.26 Å². The van der Waals surface area contributed by atoms with Gasteiger partial charge in [-0.25, -0.2) is 13.4 Å². The largest absolute Gasteiger partial charge is 0.329 e. The number of imidazole rings is 1. The van der Waals surface area contributed by atoms with Crippen LogP contribution in [0.25, 0.3) is 0 Å². The first-order valence-electron chi connectivity index (χ1n) is 11.2. The number of rotatable bonds is 8. The lowest BCUT2D eigenvalue weighted by atomic mass is 10.1. The minimum atomic E-state index is -3.14. The van der Waals surface area contributed by atoms with Crippen molar-refractivity contribution in [3.8, 4) is 6.07 Å². The third-order valence-corrected chi connectivity index (χ3v) is 7.74. The predicted octanol–water partition coefficient (Wildman–Crippen LogP) is 3.06. The van der Waals surface area contributed by atoms with Crippen LogP contribution in [-0.2, 0) is 27.7 Å². The lowest BCUT2D eigenvalue weighted by Crippen LogP contribution is -2.56. The molecule has 2 aromatic carbocycles. The van der Waals surface area contributed by atoms with Gasteiger partial charge in [0.15, 0.2) is 0 Å². The first kappa shape index (κ1) is 25.3. The summed E-state index contributed by atoms with van der Waals surface area (Å²) in [6.07, 6.45) is 5.22. The van der Waals surface area contributed by atoms with Crippen molar-refractivity contribution in [3.05, 3.63) is 81.4 Å². The molecule has 1 aliphatic rings. The molecule has 10 heteroatoms. The number of sulfone groups is 1. The van der Waals surface area contributed by atoms with E-state index >= 15 is 0 Å². The molecular weight excluding hydrogens is 575 g/mol. The van der Waals surface area contributed by atoms with Gasteiger partial charge in [-0.3, -0.25) is 9.69 Å². The highest BCUT2D eigenvalue weighted by Gasteiger charge is 2.33. The maximum Gasteiger partial charge on any atom is 0.241 e. The smallest absolute Gasteiger partial charge is 0.241 e. The van der Waals surface area contributed by atoms with E-state index in [1.165, 1.54) is 6.26 Å². The van der Waals surface area contributed by atoms with Crippen molar-refractivity contribution in [2.75, 3.05) is 30.0 Å². The van der Waals surface area contributed by atoms with E-state index in [1.807, 2.05) is 41.0 Å². The molecule has 8 nitrogen and oxygen atoms in total. The van der Waals surface area contributed by atoms with Gasteiger partial charge in [0, 0.05) is 47.4 Å². The average molecular weight is 601 g/mol. The fraction of sp³-hybridized carbons (Fsp3) is 0.320. The molecule has 1 fully saturated rings. The highest BCUT2D eigenvalue weighted by Crippen LogP contribution is 2.25. The van der Waals surface area contributed by atoms with E-state index in [2.05, 4.69) is 38.5 Å². The van der Waals surface area contributed by atoms with E-state index in [9.17, 15) is 13.2 Å². The summed E-state index contributed by atoms with van der Waals surface area (Å²) < 4.78 is 26.9. The normalized spacial score (nSPS) is 16.9. The Bertz CT molecular complexity index is 1350. The van der Waals surface area contributed by atoms with Gasteiger partial charge in [-0.1, -0.05) is 18.2 Å². The molecule has 1 aliphatic heterocycles. The van der Waals surface area contributed by atoms with Gasteiger partial charge in [-0.15, -0.1) is 0 Å². The number of hydrogen-bond donors (Lipinski definition) is 0. The second kappa shape index (κ2) is 10.9. The second-order valence-corrected chi connectivity index (χ2v) is 12.3. The summed E-state index contributed by atoms with van der Waals surface area (Å²) in [6.45, 7) is 1.70. The SMILES string of the molecule is CS(=O)(=O)CC[C@H]1CN(c2cccc([125I])c2)C(=O)CN1Cc1cncn1Cc1ccc(C#N)cc1. The van der Waals surface area contributed by atoms with Crippen molar-refractivity contribution in [1.29, 1.82) is 5.26 Å². The quantitative estimate of drug-likeness (QED) is 0.369. The van der Waals surface area contributed by atoms with Crippen LogP contribution < -0.4 is 4.90 Å². The number of amides is 1. The molecule has 0 N–H and O–H groups in total. The lowest BCUT2D eigenvalue weighted by Gasteiger charge is -2.41. The first-order chi connectivity index (χ1) is 16.7. The van der Waals surface area contributed by atoms with Gasteiger partial charge in [0.1, 0.15) is 9.84 Å². The Morgan fingerprint density at radius 3 is 2.63 bits per heavy atom. The molecule has 1 saturated heterocycles. The number of piperazine rings is 1. The zero-order valence-electron chi connectivity index (χ0n) is 19.3. The number of benzene rings is 2. The van der Waals surface area contributed by atoms with Crippen LogP contribution in [0.1, 0.15) is 23.2 Å². The van der Waals surface area contributed by atoms with Crippen LogP contribution in [0.15, 0.2) is 61.1 Å². The molecule has 1 amide bonds. The van der Waals surface area contributed by atoms with Gasteiger partial charge >= 0.3 is 0 Å². The third-order valence-electron chi connectivity index (χ3n) is 6.09. The molecule has 0 saturated carbocycles. The molecule has 3 aromatic rings. The summed E-state index contributed by atoms with van der Waals surface area (Å²) in [6, 6.07) is 17.2. The van der Waals surface area contributed by atoms with E-state index in [-0.39, 0.29) is 24.2 Å². The fourth-order valence-electron chi connectivity index (χ4n) is 4.23. The first-order valence-corrected chi connectivity index (χ1v) is 14.3. The van der Waals surface area contributed by atoms with Gasteiger partial charge < -0.3 is 9.47 Å². The number of nitriles is 1. The molecule has 4 rings (SSSR count).